The lowest BCUT2D eigenvalue weighted by Gasteiger charge is -2.46. The van der Waals surface area contributed by atoms with Gasteiger partial charge in [0.25, 0.3) is 0 Å². The number of nitrogens with zero attached hydrogens (tertiary/aromatic N) is 2. The summed E-state index contributed by atoms with van der Waals surface area (Å²) in [6.45, 7) is 4.41. The van der Waals surface area contributed by atoms with Crippen molar-refractivity contribution in [2.75, 3.05) is 27.2 Å². The van der Waals surface area contributed by atoms with E-state index in [0.29, 0.717) is 0 Å². The van der Waals surface area contributed by atoms with Gasteiger partial charge in [0.15, 0.2) is 0 Å². The van der Waals surface area contributed by atoms with Gasteiger partial charge < -0.3 is 30.4 Å². The van der Waals surface area contributed by atoms with Crippen molar-refractivity contribution in [3.63, 3.8) is 0 Å². The van der Waals surface area contributed by atoms with Crippen molar-refractivity contribution in [1.82, 2.24) is 15.1 Å². The fourth-order valence-corrected chi connectivity index (χ4v) is 6.21. The van der Waals surface area contributed by atoms with Crippen molar-refractivity contribution in [2.45, 2.75) is 56.2 Å². The van der Waals surface area contributed by atoms with Gasteiger partial charge in [-0.2, -0.15) is 0 Å². The van der Waals surface area contributed by atoms with Gasteiger partial charge in [0.2, 0.25) is 5.91 Å². The van der Waals surface area contributed by atoms with E-state index in [1.165, 1.54) is 4.90 Å². The summed E-state index contributed by atoms with van der Waals surface area (Å²) in [6, 6.07) is 0.0945. The first kappa shape index (κ1) is 21.6. The number of likely N-dealkylation sites (N-methyl/N-ethyl adjacent to an activating group) is 1. The zero-order valence-corrected chi connectivity index (χ0v) is 17.6. The summed E-state index contributed by atoms with van der Waals surface area (Å²) in [5.41, 5.74) is 0.0920. The maximum atomic E-state index is 12.4. The number of rotatable bonds is 8. The summed E-state index contributed by atoms with van der Waals surface area (Å²) < 4.78 is 0. The minimum Gasteiger partial charge on any atom is -0.477 e. The number of fused-ring (bicyclic) bond motifs is 1. The Labute approximate surface area is 169 Å². The number of thioether (sulfide) groups is 1. The Morgan fingerprint density at radius 3 is 2.64 bits per heavy atom. The van der Waals surface area contributed by atoms with Crippen LogP contribution in [0, 0.1) is 11.8 Å². The standard InChI is InChI=1S/C19H31N3O5S/c1-9-15-14(10(2)24)18(25)22(15)16(19(26)27)17(9)28-13-6-11(20-7-13)5-12(8-23)21(3)4/h9-15,20,23-24H,5-8H2,1-4H3,(H,26,27)/t9-,10-,11+,12?,13+,14-,15-/m1/s1. The number of carbonyl (C=O) groups is 2. The number of hydrogen-bond donors (Lipinski definition) is 4. The number of aliphatic carboxylic acids is 1. The van der Waals surface area contributed by atoms with Gasteiger partial charge in [0.1, 0.15) is 5.70 Å². The van der Waals surface area contributed by atoms with Crippen LogP contribution in [-0.2, 0) is 9.59 Å². The smallest absolute Gasteiger partial charge is 0.353 e. The molecule has 0 aliphatic carbocycles. The van der Waals surface area contributed by atoms with Crippen LogP contribution in [0.1, 0.15) is 26.7 Å². The topological polar surface area (TPSA) is 113 Å². The molecule has 4 N–H and O–H groups in total. The molecule has 7 atom stereocenters. The quantitative estimate of drug-likeness (QED) is 0.409. The number of amides is 1. The highest BCUT2D eigenvalue weighted by atomic mass is 32.2. The second-order valence-electron chi connectivity index (χ2n) is 8.39. The molecule has 0 spiro atoms. The van der Waals surface area contributed by atoms with Crippen molar-refractivity contribution in [3.8, 4) is 0 Å². The first-order valence-corrected chi connectivity index (χ1v) is 10.7. The Balaban J connectivity index is 1.70. The van der Waals surface area contributed by atoms with Crippen LogP contribution in [0.4, 0.5) is 0 Å². The highest BCUT2D eigenvalue weighted by Gasteiger charge is 2.60. The van der Waals surface area contributed by atoms with Gasteiger partial charge in [-0.25, -0.2) is 4.79 Å². The summed E-state index contributed by atoms with van der Waals surface area (Å²) in [5, 5.41) is 32.9. The summed E-state index contributed by atoms with van der Waals surface area (Å²) in [5.74, 6) is -1.99. The number of aliphatic hydroxyl groups excluding tert-OH is 2. The third-order valence-corrected chi connectivity index (χ3v) is 7.80. The molecular formula is C19H31N3O5S. The molecule has 3 rings (SSSR count). The van der Waals surface area contributed by atoms with Crippen molar-refractivity contribution in [2.24, 2.45) is 11.8 Å². The lowest BCUT2D eigenvalue weighted by atomic mass is 9.79. The van der Waals surface area contributed by atoms with E-state index in [9.17, 15) is 24.9 Å². The number of hydrogen-bond acceptors (Lipinski definition) is 7. The third-order valence-electron chi connectivity index (χ3n) is 6.28. The van der Waals surface area contributed by atoms with Gasteiger partial charge in [0.05, 0.1) is 24.7 Å². The van der Waals surface area contributed by atoms with E-state index in [0.717, 1.165) is 24.3 Å². The number of nitrogens with one attached hydrogen (secondary N) is 1. The molecule has 3 heterocycles. The highest BCUT2D eigenvalue weighted by molar-refractivity contribution is 8.03. The van der Waals surface area contributed by atoms with Gasteiger partial charge in [-0.1, -0.05) is 6.92 Å². The average Bonchev–Trinajstić information content (AvgIpc) is 3.14. The highest BCUT2D eigenvalue weighted by Crippen LogP contribution is 2.51. The molecule has 0 aromatic rings. The van der Waals surface area contributed by atoms with Gasteiger partial charge >= 0.3 is 5.97 Å². The van der Waals surface area contributed by atoms with Gasteiger partial charge in [-0.05, 0) is 33.9 Å². The molecule has 2 fully saturated rings. The third kappa shape index (κ3) is 3.70. The summed E-state index contributed by atoms with van der Waals surface area (Å²) in [4.78, 5) is 28.4. The van der Waals surface area contributed by atoms with E-state index < -0.39 is 18.0 Å². The number of β-lactam (4-membered cyclic amide) rings is 1. The van der Waals surface area contributed by atoms with Crippen LogP contribution in [0.3, 0.4) is 0 Å². The van der Waals surface area contributed by atoms with E-state index >= 15 is 0 Å². The van der Waals surface area contributed by atoms with Crippen LogP contribution in [0.2, 0.25) is 0 Å². The zero-order chi connectivity index (χ0) is 20.7. The summed E-state index contributed by atoms with van der Waals surface area (Å²) >= 11 is 1.55. The molecule has 0 bridgehead atoms. The Kier molecular flexibility index (Phi) is 6.41. The largest absolute Gasteiger partial charge is 0.477 e. The predicted octanol–water partition coefficient (Wildman–Crippen LogP) is -0.0836. The van der Waals surface area contributed by atoms with Crippen LogP contribution in [0.15, 0.2) is 10.6 Å². The molecule has 2 saturated heterocycles. The lowest BCUT2D eigenvalue weighted by Crippen LogP contribution is -2.63. The normalized spacial score (nSPS) is 34.6. The fourth-order valence-electron chi connectivity index (χ4n) is 4.69. The van der Waals surface area contributed by atoms with Crippen LogP contribution in [0.25, 0.3) is 0 Å². The Hall–Kier alpha value is -1.13. The molecular weight excluding hydrogens is 382 g/mol. The van der Waals surface area contributed by atoms with E-state index in [1.807, 2.05) is 25.9 Å². The average molecular weight is 414 g/mol. The van der Waals surface area contributed by atoms with Crippen molar-refractivity contribution in [1.29, 1.82) is 0 Å². The minimum absolute atomic E-state index is 0.0897. The molecule has 3 aliphatic heterocycles. The molecule has 9 heteroatoms. The number of carbonyl (C=O) groups excluding carboxylic acids is 1. The van der Waals surface area contributed by atoms with Gasteiger partial charge in [0, 0.05) is 34.7 Å². The molecule has 0 saturated carbocycles. The lowest BCUT2D eigenvalue weighted by molar-refractivity contribution is -0.163. The van der Waals surface area contributed by atoms with E-state index in [4.69, 9.17) is 0 Å². The van der Waals surface area contributed by atoms with Crippen LogP contribution >= 0.6 is 11.8 Å². The summed E-state index contributed by atoms with van der Waals surface area (Å²) in [6.07, 6.45) is 0.934. The van der Waals surface area contributed by atoms with E-state index in [-0.39, 0.29) is 47.5 Å². The summed E-state index contributed by atoms with van der Waals surface area (Å²) in [7, 11) is 3.90. The number of carboxylic acid groups (broad SMARTS) is 1. The maximum Gasteiger partial charge on any atom is 0.353 e. The zero-order valence-electron chi connectivity index (χ0n) is 16.8. The Bertz CT molecular complexity index is 668. The van der Waals surface area contributed by atoms with Gasteiger partial charge in [-0.15, -0.1) is 11.8 Å². The van der Waals surface area contributed by atoms with E-state index in [2.05, 4.69) is 5.32 Å². The molecule has 8 nitrogen and oxygen atoms in total. The van der Waals surface area contributed by atoms with E-state index in [1.54, 1.807) is 18.7 Å². The minimum atomic E-state index is -1.08. The molecule has 3 aliphatic rings. The second-order valence-corrected chi connectivity index (χ2v) is 9.73. The maximum absolute atomic E-state index is 12.4. The molecule has 1 unspecified atom stereocenters. The number of aliphatic hydroxyl groups is 2. The first-order chi connectivity index (χ1) is 13.2. The van der Waals surface area contributed by atoms with Crippen LogP contribution in [0.5, 0.6) is 0 Å². The molecule has 0 aromatic heterocycles. The molecule has 158 valence electrons. The van der Waals surface area contributed by atoms with Crippen LogP contribution in [-0.4, -0.2) is 93.7 Å². The van der Waals surface area contributed by atoms with Crippen molar-refractivity contribution >= 4 is 23.6 Å². The molecule has 28 heavy (non-hydrogen) atoms. The molecule has 0 radical (unpaired) electrons. The second kappa shape index (κ2) is 8.31. The SMILES string of the molecule is C[C@@H](O)[C@H]1C(=O)N2C(C(=O)O)=C(S[C@@H]3CN[C@@H](CC(CO)N(C)C)C3)[C@H](C)[C@H]12. The van der Waals surface area contributed by atoms with Crippen molar-refractivity contribution < 1.29 is 24.9 Å². The Morgan fingerprint density at radius 2 is 2.11 bits per heavy atom. The van der Waals surface area contributed by atoms with Crippen molar-refractivity contribution in [3.05, 3.63) is 10.6 Å². The predicted molar refractivity (Wildman–Crippen MR) is 107 cm³/mol. The van der Waals surface area contributed by atoms with Gasteiger partial charge in [-0.3, -0.25) is 4.79 Å². The number of carboxylic acids is 1. The molecule has 1 amide bonds. The Morgan fingerprint density at radius 1 is 1.43 bits per heavy atom. The first-order valence-electron chi connectivity index (χ1n) is 9.83. The fraction of sp³-hybridized carbons (Fsp3) is 0.789. The molecule has 0 aromatic carbocycles. The van der Waals surface area contributed by atoms with Crippen LogP contribution < -0.4 is 5.32 Å². The monoisotopic (exact) mass is 413 g/mol.